The molecule has 2 rings (SSSR count). The summed E-state index contributed by atoms with van der Waals surface area (Å²) in [5, 5.41) is 2.89. The zero-order chi connectivity index (χ0) is 7.68. The molecule has 0 saturated carbocycles. The summed E-state index contributed by atoms with van der Waals surface area (Å²) in [4.78, 5) is 11.0. The summed E-state index contributed by atoms with van der Waals surface area (Å²) in [6, 6.07) is 0.364. The first-order valence-corrected chi connectivity index (χ1v) is 4.35. The van der Waals surface area contributed by atoms with Gasteiger partial charge in [-0.2, -0.15) is 0 Å². The zero-order valence-corrected chi connectivity index (χ0v) is 6.55. The maximum Gasteiger partial charge on any atom is 0.226 e. The van der Waals surface area contributed by atoms with Crippen LogP contribution < -0.4 is 5.32 Å². The van der Waals surface area contributed by atoms with Crippen LogP contribution in [0.4, 0.5) is 0 Å². The first kappa shape index (κ1) is 6.89. The standard InChI is InChI=1S/C9H13NO/c11-9-7-5-3-1-2-4-6-8(7)10-9/h4,6-8H,1-3,5H2,(H,10,11)/t7-,8-/m1/s1. The Morgan fingerprint density at radius 2 is 2.36 bits per heavy atom. The Kier molecular flexibility index (Phi) is 1.68. The van der Waals surface area contributed by atoms with Gasteiger partial charge in [-0.1, -0.05) is 18.6 Å². The highest BCUT2D eigenvalue weighted by Gasteiger charge is 2.36. The lowest BCUT2D eigenvalue weighted by atomic mass is 9.84. The third-order valence-electron chi connectivity index (χ3n) is 2.56. The quantitative estimate of drug-likeness (QED) is 0.409. The number of carbonyl (C=O) groups is 1. The second-order valence-electron chi connectivity index (χ2n) is 3.35. The van der Waals surface area contributed by atoms with Crippen molar-refractivity contribution in [2.45, 2.75) is 31.7 Å². The largest absolute Gasteiger partial charge is 0.349 e. The molecule has 0 aromatic rings. The molecular weight excluding hydrogens is 138 g/mol. The molecule has 1 saturated heterocycles. The first-order valence-electron chi connectivity index (χ1n) is 4.35. The van der Waals surface area contributed by atoms with E-state index in [1.54, 1.807) is 0 Å². The van der Waals surface area contributed by atoms with Crippen LogP contribution in [0.1, 0.15) is 25.7 Å². The van der Waals surface area contributed by atoms with Gasteiger partial charge in [-0.3, -0.25) is 4.79 Å². The van der Waals surface area contributed by atoms with E-state index in [0.29, 0.717) is 12.0 Å². The van der Waals surface area contributed by atoms with Gasteiger partial charge in [0.25, 0.3) is 0 Å². The molecule has 0 bridgehead atoms. The highest BCUT2D eigenvalue weighted by molar-refractivity contribution is 5.86. The highest BCUT2D eigenvalue weighted by Crippen LogP contribution is 2.24. The van der Waals surface area contributed by atoms with Crippen molar-refractivity contribution in [3.63, 3.8) is 0 Å². The Morgan fingerprint density at radius 3 is 3.18 bits per heavy atom. The highest BCUT2D eigenvalue weighted by atomic mass is 16.2. The zero-order valence-electron chi connectivity index (χ0n) is 6.55. The lowest BCUT2D eigenvalue weighted by Crippen LogP contribution is -2.57. The summed E-state index contributed by atoms with van der Waals surface area (Å²) >= 11 is 0. The SMILES string of the molecule is O=C1N[C@@H]2C=CCCCC[C@@H]12. The third-order valence-corrected chi connectivity index (χ3v) is 2.56. The van der Waals surface area contributed by atoms with Crippen molar-refractivity contribution in [2.75, 3.05) is 0 Å². The molecule has 1 aliphatic carbocycles. The van der Waals surface area contributed by atoms with Crippen molar-refractivity contribution in [2.24, 2.45) is 5.92 Å². The molecule has 0 spiro atoms. The van der Waals surface area contributed by atoms with E-state index in [9.17, 15) is 4.79 Å². The van der Waals surface area contributed by atoms with Gasteiger partial charge in [-0.25, -0.2) is 0 Å². The summed E-state index contributed by atoms with van der Waals surface area (Å²) < 4.78 is 0. The molecule has 2 heteroatoms. The van der Waals surface area contributed by atoms with Crippen LogP contribution in [0.5, 0.6) is 0 Å². The molecular formula is C9H13NO. The minimum atomic E-state index is 0.251. The summed E-state index contributed by atoms with van der Waals surface area (Å²) in [7, 11) is 0. The summed E-state index contributed by atoms with van der Waals surface area (Å²) in [5.41, 5.74) is 0. The van der Waals surface area contributed by atoms with Gasteiger partial charge in [-0.15, -0.1) is 0 Å². The number of amides is 1. The van der Waals surface area contributed by atoms with E-state index in [4.69, 9.17) is 0 Å². The Balaban J connectivity index is 2.04. The average molecular weight is 151 g/mol. The molecule has 2 atom stereocenters. The van der Waals surface area contributed by atoms with Crippen LogP contribution in [-0.4, -0.2) is 11.9 Å². The fraction of sp³-hybridized carbons (Fsp3) is 0.667. The second kappa shape index (κ2) is 2.68. The van der Waals surface area contributed by atoms with Crippen LogP contribution in [-0.2, 0) is 4.79 Å². The number of hydrogen-bond acceptors (Lipinski definition) is 1. The molecule has 1 N–H and O–H groups in total. The number of hydrogen-bond donors (Lipinski definition) is 1. The predicted octanol–water partition coefficient (Wildman–Crippen LogP) is 1.23. The summed E-state index contributed by atoms with van der Waals surface area (Å²) in [5.74, 6) is 0.549. The molecule has 1 aliphatic heterocycles. The number of β-lactam (4-membered cyclic amide) rings is 1. The summed E-state index contributed by atoms with van der Waals surface area (Å²) in [6.45, 7) is 0. The topological polar surface area (TPSA) is 29.1 Å². The van der Waals surface area contributed by atoms with E-state index in [-0.39, 0.29) is 5.91 Å². The minimum absolute atomic E-state index is 0.251. The van der Waals surface area contributed by atoms with Gasteiger partial charge in [0.05, 0.1) is 12.0 Å². The monoisotopic (exact) mass is 151 g/mol. The Morgan fingerprint density at radius 1 is 1.45 bits per heavy atom. The van der Waals surface area contributed by atoms with Crippen LogP contribution in [0.25, 0.3) is 0 Å². The lowest BCUT2D eigenvalue weighted by Gasteiger charge is -2.35. The predicted molar refractivity (Wildman–Crippen MR) is 43.0 cm³/mol. The van der Waals surface area contributed by atoms with Crippen molar-refractivity contribution in [1.29, 1.82) is 0 Å². The molecule has 0 aromatic heterocycles. The van der Waals surface area contributed by atoms with Crippen LogP contribution in [0.2, 0.25) is 0 Å². The second-order valence-corrected chi connectivity index (χ2v) is 3.35. The fourth-order valence-electron chi connectivity index (χ4n) is 1.80. The normalized spacial score (nSPS) is 36.2. The molecule has 0 aromatic carbocycles. The van der Waals surface area contributed by atoms with Gasteiger partial charge in [-0.05, 0) is 19.3 Å². The number of carbonyl (C=O) groups excluding carboxylic acids is 1. The Bertz CT molecular complexity index is 198. The third kappa shape index (κ3) is 1.17. The number of allylic oxidation sites excluding steroid dienone is 1. The van der Waals surface area contributed by atoms with E-state index in [2.05, 4.69) is 17.5 Å². The number of nitrogens with one attached hydrogen (secondary N) is 1. The van der Waals surface area contributed by atoms with Crippen molar-refractivity contribution in [3.05, 3.63) is 12.2 Å². The van der Waals surface area contributed by atoms with Crippen LogP contribution in [0, 0.1) is 5.92 Å². The van der Waals surface area contributed by atoms with Crippen molar-refractivity contribution in [1.82, 2.24) is 5.32 Å². The molecule has 1 heterocycles. The molecule has 2 aliphatic rings. The van der Waals surface area contributed by atoms with E-state index >= 15 is 0 Å². The van der Waals surface area contributed by atoms with E-state index in [1.807, 2.05) is 0 Å². The Labute approximate surface area is 66.7 Å². The molecule has 1 amide bonds. The van der Waals surface area contributed by atoms with E-state index < -0.39 is 0 Å². The lowest BCUT2D eigenvalue weighted by molar-refractivity contribution is -0.133. The molecule has 2 nitrogen and oxygen atoms in total. The van der Waals surface area contributed by atoms with Gasteiger partial charge >= 0.3 is 0 Å². The van der Waals surface area contributed by atoms with Gasteiger partial charge in [0.2, 0.25) is 5.91 Å². The Hall–Kier alpha value is -0.790. The molecule has 60 valence electrons. The van der Waals surface area contributed by atoms with Crippen LogP contribution in [0.15, 0.2) is 12.2 Å². The van der Waals surface area contributed by atoms with Gasteiger partial charge in [0.1, 0.15) is 0 Å². The van der Waals surface area contributed by atoms with Crippen molar-refractivity contribution >= 4 is 5.91 Å². The first-order chi connectivity index (χ1) is 5.38. The smallest absolute Gasteiger partial charge is 0.226 e. The molecule has 1 fully saturated rings. The van der Waals surface area contributed by atoms with Gasteiger partial charge < -0.3 is 5.32 Å². The van der Waals surface area contributed by atoms with Gasteiger partial charge in [0, 0.05) is 0 Å². The van der Waals surface area contributed by atoms with Crippen molar-refractivity contribution in [3.8, 4) is 0 Å². The molecule has 11 heavy (non-hydrogen) atoms. The number of rotatable bonds is 0. The maximum absolute atomic E-state index is 11.0. The van der Waals surface area contributed by atoms with Crippen LogP contribution >= 0.6 is 0 Å². The number of fused-ring (bicyclic) bond motifs is 1. The average Bonchev–Trinajstić information content (AvgIpc) is 1.96. The van der Waals surface area contributed by atoms with E-state index in [0.717, 1.165) is 6.42 Å². The molecule has 0 radical (unpaired) electrons. The maximum atomic E-state index is 11.0. The van der Waals surface area contributed by atoms with Crippen LogP contribution in [0.3, 0.4) is 0 Å². The van der Waals surface area contributed by atoms with Gasteiger partial charge in [0.15, 0.2) is 0 Å². The molecule has 0 unspecified atom stereocenters. The fourth-order valence-corrected chi connectivity index (χ4v) is 1.80. The minimum Gasteiger partial charge on any atom is -0.349 e. The van der Waals surface area contributed by atoms with Crippen molar-refractivity contribution < 1.29 is 4.79 Å². The summed E-state index contributed by atoms with van der Waals surface area (Å²) in [6.07, 6.45) is 9.05. The van der Waals surface area contributed by atoms with E-state index in [1.165, 1.54) is 19.3 Å².